The van der Waals surface area contributed by atoms with Crippen molar-refractivity contribution in [2.75, 3.05) is 5.32 Å². The minimum absolute atomic E-state index is 0.512. The van der Waals surface area contributed by atoms with Gasteiger partial charge in [0.25, 0.3) is 0 Å². The molecule has 0 amide bonds. The van der Waals surface area contributed by atoms with E-state index in [0.717, 1.165) is 18.9 Å². The molecule has 1 heterocycles. The average Bonchev–Trinajstić information content (AvgIpc) is 2.54. The summed E-state index contributed by atoms with van der Waals surface area (Å²) < 4.78 is 2.17. The number of nitrogens with one attached hydrogen (secondary N) is 1. The zero-order chi connectivity index (χ0) is 10.4. The Bertz CT molecular complexity index is 255. The molecule has 14 heavy (non-hydrogen) atoms. The Labute approximate surface area is 86.5 Å². The molecule has 0 aliphatic rings. The van der Waals surface area contributed by atoms with Gasteiger partial charge in [-0.3, -0.25) is 0 Å². The van der Waals surface area contributed by atoms with E-state index >= 15 is 0 Å². The lowest BCUT2D eigenvalue weighted by Gasteiger charge is -2.14. The van der Waals surface area contributed by atoms with Crippen molar-refractivity contribution in [3.8, 4) is 0 Å². The van der Waals surface area contributed by atoms with Crippen LogP contribution in [0, 0.1) is 0 Å². The number of anilines is 1. The lowest BCUT2D eigenvalue weighted by molar-refractivity contribution is 0.646. The SMILES string of the molecule is CCCC(C)Nc1nccn1CCC. The molecule has 0 spiro atoms. The normalized spacial score (nSPS) is 12.8. The van der Waals surface area contributed by atoms with Crippen LogP contribution in [0.2, 0.25) is 0 Å². The fourth-order valence-corrected chi connectivity index (χ4v) is 1.60. The molecule has 0 aromatic carbocycles. The maximum atomic E-state index is 4.31. The fraction of sp³-hybridized carbons (Fsp3) is 0.727. The Morgan fingerprint density at radius 2 is 2.21 bits per heavy atom. The van der Waals surface area contributed by atoms with Crippen LogP contribution < -0.4 is 5.32 Å². The molecule has 0 radical (unpaired) electrons. The van der Waals surface area contributed by atoms with Gasteiger partial charge in [0.05, 0.1) is 0 Å². The van der Waals surface area contributed by atoms with E-state index in [2.05, 4.69) is 35.6 Å². The molecule has 1 N–H and O–H groups in total. The number of aromatic nitrogens is 2. The molecule has 0 fully saturated rings. The van der Waals surface area contributed by atoms with Crippen LogP contribution in [0.4, 0.5) is 5.95 Å². The standard InChI is InChI=1S/C11H21N3/c1-4-6-10(3)13-11-12-7-9-14(11)8-5-2/h7,9-10H,4-6,8H2,1-3H3,(H,12,13). The summed E-state index contributed by atoms with van der Waals surface area (Å²) in [6, 6.07) is 0.512. The molecule has 1 aromatic heterocycles. The fourth-order valence-electron chi connectivity index (χ4n) is 1.60. The predicted molar refractivity (Wildman–Crippen MR) is 60.5 cm³/mol. The highest BCUT2D eigenvalue weighted by molar-refractivity contribution is 5.27. The van der Waals surface area contributed by atoms with Crippen molar-refractivity contribution in [3.05, 3.63) is 12.4 Å². The van der Waals surface area contributed by atoms with Gasteiger partial charge in [-0.2, -0.15) is 0 Å². The first-order chi connectivity index (χ1) is 6.77. The Morgan fingerprint density at radius 1 is 1.43 bits per heavy atom. The molecule has 1 atom stereocenters. The van der Waals surface area contributed by atoms with E-state index < -0.39 is 0 Å². The van der Waals surface area contributed by atoms with Gasteiger partial charge in [0.2, 0.25) is 5.95 Å². The molecule has 0 saturated carbocycles. The lowest BCUT2D eigenvalue weighted by atomic mass is 10.2. The lowest BCUT2D eigenvalue weighted by Crippen LogP contribution is -2.18. The summed E-state index contributed by atoms with van der Waals surface area (Å²) in [5.74, 6) is 1.01. The van der Waals surface area contributed by atoms with Gasteiger partial charge in [-0.05, 0) is 19.8 Å². The maximum Gasteiger partial charge on any atom is 0.202 e. The van der Waals surface area contributed by atoms with Crippen LogP contribution in [0.25, 0.3) is 0 Å². The van der Waals surface area contributed by atoms with E-state index in [4.69, 9.17) is 0 Å². The number of rotatable bonds is 6. The van der Waals surface area contributed by atoms with Gasteiger partial charge in [-0.1, -0.05) is 20.3 Å². The van der Waals surface area contributed by atoms with E-state index in [1.807, 2.05) is 12.4 Å². The predicted octanol–water partition coefficient (Wildman–Crippen LogP) is 2.89. The van der Waals surface area contributed by atoms with Crippen molar-refractivity contribution in [2.24, 2.45) is 0 Å². The van der Waals surface area contributed by atoms with Gasteiger partial charge in [0, 0.05) is 25.0 Å². The van der Waals surface area contributed by atoms with Gasteiger partial charge < -0.3 is 9.88 Å². The van der Waals surface area contributed by atoms with Crippen LogP contribution >= 0.6 is 0 Å². The van der Waals surface area contributed by atoms with Crippen molar-refractivity contribution < 1.29 is 0 Å². The van der Waals surface area contributed by atoms with Crippen LogP contribution in [0.1, 0.15) is 40.0 Å². The zero-order valence-electron chi connectivity index (χ0n) is 9.45. The smallest absolute Gasteiger partial charge is 0.202 e. The number of nitrogens with zero attached hydrogens (tertiary/aromatic N) is 2. The summed E-state index contributed by atoms with van der Waals surface area (Å²) in [7, 11) is 0. The molecule has 80 valence electrons. The van der Waals surface area contributed by atoms with Gasteiger partial charge in [0.1, 0.15) is 0 Å². The number of aryl methyl sites for hydroxylation is 1. The topological polar surface area (TPSA) is 29.9 Å². The summed E-state index contributed by atoms with van der Waals surface area (Å²) in [5.41, 5.74) is 0. The highest BCUT2D eigenvalue weighted by Crippen LogP contribution is 2.09. The van der Waals surface area contributed by atoms with Crippen molar-refractivity contribution in [3.63, 3.8) is 0 Å². The van der Waals surface area contributed by atoms with E-state index in [-0.39, 0.29) is 0 Å². The molecular formula is C11H21N3. The maximum absolute atomic E-state index is 4.31. The van der Waals surface area contributed by atoms with Gasteiger partial charge in [-0.25, -0.2) is 4.98 Å². The minimum atomic E-state index is 0.512. The molecule has 0 aliphatic heterocycles. The van der Waals surface area contributed by atoms with Gasteiger partial charge in [-0.15, -0.1) is 0 Å². The first-order valence-electron chi connectivity index (χ1n) is 5.55. The van der Waals surface area contributed by atoms with Crippen LogP contribution in [-0.4, -0.2) is 15.6 Å². The van der Waals surface area contributed by atoms with Crippen LogP contribution in [0.15, 0.2) is 12.4 Å². The van der Waals surface area contributed by atoms with Crippen LogP contribution in [-0.2, 0) is 6.54 Å². The van der Waals surface area contributed by atoms with E-state index in [1.165, 1.54) is 12.8 Å². The quantitative estimate of drug-likeness (QED) is 0.756. The Kier molecular flexibility index (Phi) is 4.50. The van der Waals surface area contributed by atoms with Crippen molar-refractivity contribution >= 4 is 5.95 Å². The summed E-state index contributed by atoms with van der Waals surface area (Å²) in [4.78, 5) is 4.31. The van der Waals surface area contributed by atoms with Crippen LogP contribution in [0.3, 0.4) is 0 Å². The first-order valence-corrected chi connectivity index (χ1v) is 5.55. The molecule has 1 aromatic rings. The van der Waals surface area contributed by atoms with Gasteiger partial charge >= 0.3 is 0 Å². The molecule has 1 rings (SSSR count). The third-order valence-electron chi connectivity index (χ3n) is 2.28. The largest absolute Gasteiger partial charge is 0.353 e. The summed E-state index contributed by atoms with van der Waals surface area (Å²) in [5, 5.41) is 3.43. The number of hydrogen-bond donors (Lipinski definition) is 1. The van der Waals surface area contributed by atoms with Gasteiger partial charge in [0.15, 0.2) is 0 Å². The average molecular weight is 195 g/mol. The zero-order valence-corrected chi connectivity index (χ0v) is 9.45. The second kappa shape index (κ2) is 5.68. The third kappa shape index (κ3) is 3.05. The Hall–Kier alpha value is -0.990. The molecular weight excluding hydrogens is 174 g/mol. The van der Waals surface area contributed by atoms with Crippen molar-refractivity contribution in [1.82, 2.24) is 9.55 Å². The monoisotopic (exact) mass is 195 g/mol. The molecule has 0 bridgehead atoms. The number of imidazole rings is 1. The summed E-state index contributed by atoms with van der Waals surface area (Å²) in [6.07, 6.45) is 7.44. The molecule has 3 nitrogen and oxygen atoms in total. The Morgan fingerprint density at radius 3 is 2.86 bits per heavy atom. The van der Waals surface area contributed by atoms with E-state index in [9.17, 15) is 0 Å². The minimum Gasteiger partial charge on any atom is -0.353 e. The molecule has 1 unspecified atom stereocenters. The third-order valence-corrected chi connectivity index (χ3v) is 2.28. The van der Waals surface area contributed by atoms with Crippen molar-refractivity contribution in [2.45, 2.75) is 52.6 Å². The molecule has 0 saturated heterocycles. The van der Waals surface area contributed by atoms with Crippen LogP contribution in [0.5, 0.6) is 0 Å². The Balaban J connectivity index is 2.52. The van der Waals surface area contributed by atoms with Crippen molar-refractivity contribution in [1.29, 1.82) is 0 Å². The highest BCUT2D eigenvalue weighted by atomic mass is 15.2. The van der Waals surface area contributed by atoms with E-state index in [1.54, 1.807) is 0 Å². The first kappa shape index (κ1) is 11.1. The number of hydrogen-bond acceptors (Lipinski definition) is 2. The summed E-state index contributed by atoms with van der Waals surface area (Å²) >= 11 is 0. The van der Waals surface area contributed by atoms with E-state index in [0.29, 0.717) is 6.04 Å². The summed E-state index contributed by atoms with van der Waals surface area (Å²) in [6.45, 7) is 7.63. The second-order valence-corrected chi connectivity index (χ2v) is 3.78. The second-order valence-electron chi connectivity index (χ2n) is 3.78. The highest BCUT2D eigenvalue weighted by Gasteiger charge is 2.05. The molecule has 3 heteroatoms. The molecule has 0 aliphatic carbocycles.